The fourth-order valence-electron chi connectivity index (χ4n) is 4.31. The Morgan fingerprint density at radius 2 is 1.93 bits per heavy atom. The third-order valence-electron chi connectivity index (χ3n) is 5.64. The average molecular weight is 426 g/mol. The molecule has 30 heavy (non-hydrogen) atoms. The van der Waals surface area contributed by atoms with Crippen LogP contribution in [0.4, 0.5) is 4.39 Å². The molecule has 1 aliphatic rings. The molecule has 0 saturated heterocycles. The molecule has 3 aromatic rings. The van der Waals surface area contributed by atoms with Gasteiger partial charge in [-0.3, -0.25) is 4.79 Å². The zero-order valence-corrected chi connectivity index (χ0v) is 18.5. The monoisotopic (exact) mass is 425 g/mol. The molecule has 1 amide bonds. The highest BCUT2D eigenvalue weighted by Crippen LogP contribution is 2.53. The Kier molecular flexibility index (Phi) is 6.04. The molecule has 4 rings (SSSR count). The van der Waals surface area contributed by atoms with E-state index in [1.165, 1.54) is 0 Å². The van der Waals surface area contributed by atoms with Crippen LogP contribution in [-0.2, 0) is 11.3 Å². The molecular weight excluding hydrogens is 398 g/mol. The quantitative estimate of drug-likeness (QED) is 0.488. The number of ether oxygens (including phenoxy) is 1. The number of rotatable bonds is 7. The zero-order valence-electron chi connectivity index (χ0n) is 17.7. The Hall–Kier alpha value is -2.47. The van der Waals surface area contributed by atoms with Crippen molar-refractivity contribution in [1.29, 1.82) is 0 Å². The molecule has 0 saturated carbocycles. The van der Waals surface area contributed by atoms with Crippen LogP contribution in [0.5, 0.6) is 5.75 Å². The summed E-state index contributed by atoms with van der Waals surface area (Å²) in [5.41, 5.74) is 3.93. The average Bonchev–Trinajstić information content (AvgIpc) is 3.08. The number of carbonyl (C=O) groups excluding carboxylic acids is 1. The van der Waals surface area contributed by atoms with Crippen molar-refractivity contribution < 1.29 is 13.9 Å². The summed E-state index contributed by atoms with van der Waals surface area (Å²) in [7, 11) is 0. The molecule has 0 radical (unpaired) electrons. The molecule has 6 heteroatoms. The van der Waals surface area contributed by atoms with Gasteiger partial charge in [0.1, 0.15) is 17.7 Å². The molecule has 0 aliphatic carbocycles. The molecule has 1 aromatic heterocycles. The minimum atomic E-state index is -0.465. The highest BCUT2D eigenvalue weighted by molar-refractivity contribution is 8.00. The lowest BCUT2D eigenvalue weighted by Crippen LogP contribution is -2.34. The van der Waals surface area contributed by atoms with E-state index in [4.69, 9.17) is 4.74 Å². The van der Waals surface area contributed by atoms with Gasteiger partial charge in [0.25, 0.3) is 0 Å². The SMILES string of the molecule is CCOc1ccc2c(c1)c1c(n2CC[18F])-c2ccccc2SC1C(=O)N(CC)CC. The molecule has 0 fully saturated rings. The standard InChI is InChI=1S/C24H27FN2O2S/c1-4-26(5-2)24(28)23-21-18-15-16(29-6-3)11-12-19(18)27(14-13-25)22(21)17-9-7-8-10-20(17)30-23/h7-12,15,23H,4-6,13-14H2,1-3H3/i25-1. The second-order valence-electron chi connectivity index (χ2n) is 7.22. The Bertz CT molecular complexity index is 1070. The number of thioether (sulfide) groups is 1. The lowest BCUT2D eigenvalue weighted by molar-refractivity contribution is -0.130. The van der Waals surface area contributed by atoms with Gasteiger partial charge >= 0.3 is 0 Å². The minimum Gasteiger partial charge on any atom is -0.494 e. The first-order valence-electron chi connectivity index (χ1n) is 10.5. The summed E-state index contributed by atoms with van der Waals surface area (Å²) in [6.45, 7) is 7.64. The van der Waals surface area contributed by atoms with Gasteiger partial charge in [0.05, 0.1) is 18.8 Å². The predicted molar refractivity (Wildman–Crippen MR) is 121 cm³/mol. The molecule has 4 nitrogen and oxygen atoms in total. The fourth-order valence-corrected chi connectivity index (χ4v) is 5.62. The minimum absolute atomic E-state index is 0.0989. The van der Waals surface area contributed by atoms with E-state index in [0.29, 0.717) is 19.7 Å². The van der Waals surface area contributed by atoms with Crippen molar-refractivity contribution in [1.82, 2.24) is 9.47 Å². The molecule has 0 N–H and O–H groups in total. The van der Waals surface area contributed by atoms with Gasteiger partial charge in [0.2, 0.25) is 5.91 Å². The van der Waals surface area contributed by atoms with E-state index >= 15 is 0 Å². The molecule has 0 bridgehead atoms. The lowest BCUT2D eigenvalue weighted by Gasteiger charge is -2.29. The number of aromatic nitrogens is 1. The van der Waals surface area contributed by atoms with Crippen molar-refractivity contribution in [2.24, 2.45) is 0 Å². The summed E-state index contributed by atoms with van der Waals surface area (Å²) in [5.74, 6) is 0.866. The second kappa shape index (κ2) is 8.72. The first kappa shape index (κ1) is 20.8. The maximum Gasteiger partial charge on any atom is 0.240 e. The zero-order chi connectivity index (χ0) is 21.3. The molecule has 158 valence electrons. The van der Waals surface area contributed by atoms with Crippen LogP contribution in [0.25, 0.3) is 22.2 Å². The Morgan fingerprint density at radius 1 is 1.17 bits per heavy atom. The molecule has 2 heterocycles. The van der Waals surface area contributed by atoms with Gasteiger partial charge in [-0.2, -0.15) is 0 Å². The highest BCUT2D eigenvalue weighted by Gasteiger charge is 2.37. The van der Waals surface area contributed by atoms with Crippen LogP contribution < -0.4 is 4.74 Å². The summed E-state index contributed by atoms with van der Waals surface area (Å²) >= 11 is 1.59. The van der Waals surface area contributed by atoms with E-state index in [-0.39, 0.29) is 17.7 Å². The van der Waals surface area contributed by atoms with Crippen molar-refractivity contribution >= 4 is 28.6 Å². The van der Waals surface area contributed by atoms with E-state index < -0.39 is 6.67 Å². The van der Waals surface area contributed by atoms with Crippen LogP contribution >= 0.6 is 11.8 Å². The van der Waals surface area contributed by atoms with E-state index in [9.17, 15) is 9.18 Å². The number of amides is 1. The number of hydrogen-bond acceptors (Lipinski definition) is 3. The molecule has 1 unspecified atom stereocenters. The van der Waals surface area contributed by atoms with E-state index in [1.54, 1.807) is 11.8 Å². The molecule has 2 aromatic carbocycles. The summed E-state index contributed by atoms with van der Waals surface area (Å²) in [6.07, 6.45) is 0. The topological polar surface area (TPSA) is 34.5 Å². The molecule has 1 atom stereocenters. The van der Waals surface area contributed by atoms with Crippen LogP contribution in [0.2, 0.25) is 0 Å². The van der Waals surface area contributed by atoms with E-state index in [2.05, 4.69) is 12.1 Å². The summed E-state index contributed by atoms with van der Waals surface area (Å²) < 4.78 is 21.4. The largest absolute Gasteiger partial charge is 0.494 e. The number of nitrogens with zero attached hydrogens (tertiary/aromatic N) is 2. The highest BCUT2D eigenvalue weighted by atomic mass is 32.2. The van der Waals surface area contributed by atoms with Gasteiger partial charge in [0.15, 0.2) is 0 Å². The number of halogens is 1. The Balaban J connectivity index is 2.03. The first-order valence-corrected chi connectivity index (χ1v) is 11.4. The van der Waals surface area contributed by atoms with E-state index in [0.717, 1.165) is 38.4 Å². The first-order chi connectivity index (χ1) is 14.6. The van der Waals surface area contributed by atoms with Gasteiger partial charge < -0.3 is 14.2 Å². The van der Waals surface area contributed by atoms with Crippen LogP contribution in [0.3, 0.4) is 0 Å². The number of aryl methyl sites for hydroxylation is 1. The number of fused-ring (bicyclic) bond motifs is 5. The summed E-state index contributed by atoms with van der Waals surface area (Å²) in [5, 5.41) is 0.604. The van der Waals surface area contributed by atoms with Gasteiger partial charge in [0, 0.05) is 40.0 Å². The lowest BCUT2D eigenvalue weighted by atomic mass is 10.00. The van der Waals surface area contributed by atoms with Gasteiger partial charge in [-0.1, -0.05) is 18.2 Å². The van der Waals surface area contributed by atoms with Crippen LogP contribution in [-0.4, -0.2) is 41.7 Å². The smallest absolute Gasteiger partial charge is 0.240 e. The predicted octanol–water partition coefficient (Wildman–Crippen LogP) is 5.69. The Labute approximate surface area is 181 Å². The summed E-state index contributed by atoms with van der Waals surface area (Å²) in [6, 6.07) is 14.0. The van der Waals surface area contributed by atoms with Gasteiger partial charge in [-0.15, -0.1) is 11.8 Å². The third-order valence-corrected chi connectivity index (χ3v) is 6.92. The van der Waals surface area contributed by atoms with Gasteiger partial charge in [-0.25, -0.2) is 4.39 Å². The Morgan fingerprint density at radius 3 is 2.63 bits per heavy atom. The maximum atomic E-state index is 13.6. The van der Waals surface area contributed by atoms with Crippen LogP contribution in [0.1, 0.15) is 31.6 Å². The van der Waals surface area contributed by atoms with Crippen molar-refractivity contribution in [2.75, 3.05) is 26.4 Å². The fraction of sp³-hybridized carbons (Fsp3) is 0.375. The third kappa shape index (κ3) is 3.37. The molecule has 1 aliphatic heterocycles. The number of alkyl halides is 1. The van der Waals surface area contributed by atoms with E-state index in [1.807, 2.05) is 60.6 Å². The molecule has 0 spiro atoms. The van der Waals surface area contributed by atoms with Gasteiger partial charge in [-0.05, 0) is 45.0 Å². The number of carbonyl (C=O) groups is 1. The van der Waals surface area contributed by atoms with Crippen LogP contribution in [0, 0.1) is 0 Å². The molecular formula is C24H27FN2O2S. The van der Waals surface area contributed by atoms with Crippen molar-refractivity contribution in [2.45, 2.75) is 37.5 Å². The number of hydrogen-bond donors (Lipinski definition) is 0. The normalized spacial score (nSPS) is 15.0. The van der Waals surface area contributed by atoms with Crippen LogP contribution in [0.15, 0.2) is 47.4 Å². The summed E-state index contributed by atoms with van der Waals surface area (Å²) in [4.78, 5) is 16.5. The van der Waals surface area contributed by atoms with Crippen molar-refractivity contribution in [3.63, 3.8) is 0 Å². The second-order valence-corrected chi connectivity index (χ2v) is 8.37. The number of likely N-dealkylation sites (N-methyl/N-ethyl adjacent to an activating group) is 1. The van der Waals surface area contributed by atoms with Crippen molar-refractivity contribution in [3.05, 3.63) is 48.0 Å². The van der Waals surface area contributed by atoms with Crippen molar-refractivity contribution in [3.8, 4) is 17.0 Å². The number of benzene rings is 2. The maximum absolute atomic E-state index is 13.6.